The zero-order valence-electron chi connectivity index (χ0n) is 12.1. The molecule has 0 aliphatic carbocycles. The van der Waals surface area contributed by atoms with Crippen molar-refractivity contribution in [1.82, 2.24) is 14.5 Å². The van der Waals surface area contributed by atoms with Crippen LogP contribution in [0.5, 0.6) is 0 Å². The molecule has 0 saturated carbocycles. The molecule has 0 saturated heterocycles. The van der Waals surface area contributed by atoms with Gasteiger partial charge < -0.3 is 14.5 Å². The summed E-state index contributed by atoms with van der Waals surface area (Å²) in [6, 6.07) is 13.7. The fraction of sp³-hybridized carbons (Fsp3) is 0.235. The van der Waals surface area contributed by atoms with Crippen LogP contribution in [0.15, 0.2) is 59.7 Å². The molecule has 2 aromatic heterocycles. The summed E-state index contributed by atoms with van der Waals surface area (Å²) >= 11 is 0. The number of fused-ring (bicyclic) bond motifs is 1. The van der Waals surface area contributed by atoms with Gasteiger partial charge in [0, 0.05) is 38.1 Å². The number of aryl methyl sites for hydroxylation is 2. The van der Waals surface area contributed by atoms with Crippen molar-refractivity contribution in [1.29, 1.82) is 0 Å². The summed E-state index contributed by atoms with van der Waals surface area (Å²) in [6.45, 7) is 2.30. The van der Waals surface area contributed by atoms with Crippen molar-refractivity contribution >= 4 is 10.9 Å². The summed E-state index contributed by atoms with van der Waals surface area (Å²) in [7, 11) is 1.95. The number of nitrogens with zero attached hydrogens (tertiary/aromatic N) is 2. The van der Waals surface area contributed by atoms with E-state index >= 15 is 0 Å². The predicted molar refractivity (Wildman–Crippen MR) is 85.4 cm³/mol. The van der Waals surface area contributed by atoms with Crippen LogP contribution in [0.3, 0.4) is 0 Å². The van der Waals surface area contributed by atoms with Gasteiger partial charge in [-0.1, -0.05) is 24.3 Å². The van der Waals surface area contributed by atoms with Crippen LogP contribution in [0.25, 0.3) is 10.9 Å². The van der Waals surface area contributed by atoms with Crippen LogP contribution in [0.2, 0.25) is 0 Å². The molecule has 0 atom stereocenters. The van der Waals surface area contributed by atoms with Gasteiger partial charge in [-0.05, 0) is 30.1 Å². The molecule has 21 heavy (non-hydrogen) atoms. The molecule has 3 rings (SSSR count). The van der Waals surface area contributed by atoms with Crippen molar-refractivity contribution < 1.29 is 0 Å². The van der Waals surface area contributed by atoms with Gasteiger partial charge in [-0.25, -0.2) is 0 Å². The number of rotatable bonds is 5. The normalized spacial score (nSPS) is 11.1. The lowest BCUT2D eigenvalue weighted by molar-refractivity contribution is 0.576. The van der Waals surface area contributed by atoms with Crippen molar-refractivity contribution in [2.75, 3.05) is 7.05 Å². The Labute approximate surface area is 123 Å². The van der Waals surface area contributed by atoms with Crippen LogP contribution < -0.4 is 10.9 Å². The quantitative estimate of drug-likeness (QED) is 0.779. The second kappa shape index (κ2) is 5.97. The monoisotopic (exact) mass is 281 g/mol. The maximum Gasteiger partial charge on any atom is 0.250 e. The van der Waals surface area contributed by atoms with Crippen molar-refractivity contribution in [3.8, 4) is 0 Å². The van der Waals surface area contributed by atoms with E-state index in [1.165, 1.54) is 16.5 Å². The molecule has 0 fully saturated rings. The van der Waals surface area contributed by atoms with Gasteiger partial charge in [-0.2, -0.15) is 0 Å². The molecule has 108 valence electrons. The van der Waals surface area contributed by atoms with Gasteiger partial charge in [0.2, 0.25) is 0 Å². The first-order valence-electron chi connectivity index (χ1n) is 7.16. The first kappa shape index (κ1) is 13.6. The summed E-state index contributed by atoms with van der Waals surface area (Å²) in [5.74, 6) is 0. The molecule has 3 aromatic rings. The first-order chi connectivity index (χ1) is 10.3. The largest absolute Gasteiger partial charge is 0.345 e. The molecule has 0 spiro atoms. The van der Waals surface area contributed by atoms with Crippen molar-refractivity contribution in [3.05, 3.63) is 70.8 Å². The highest BCUT2D eigenvalue weighted by atomic mass is 16.1. The summed E-state index contributed by atoms with van der Waals surface area (Å²) in [4.78, 5) is 11.8. The molecular weight excluding hydrogens is 262 g/mol. The SMILES string of the molecule is CNCc1cccc2ccn(CCn3ccccc3=O)c12. The Morgan fingerprint density at radius 3 is 2.62 bits per heavy atom. The predicted octanol–water partition coefficient (Wildman–Crippen LogP) is 2.22. The topological polar surface area (TPSA) is 39.0 Å². The van der Waals surface area contributed by atoms with Gasteiger partial charge in [0.05, 0.1) is 5.52 Å². The molecule has 4 nitrogen and oxygen atoms in total. The summed E-state index contributed by atoms with van der Waals surface area (Å²) in [6.07, 6.45) is 3.93. The number of benzene rings is 1. The zero-order chi connectivity index (χ0) is 14.7. The highest BCUT2D eigenvalue weighted by molar-refractivity contribution is 5.83. The van der Waals surface area contributed by atoms with E-state index in [1.807, 2.05) is 19.3 Å². The molecular formula is C17H19N3O. The highest BCUT2D eigenvalue weighted by Gasteiger charge is 2.06. The van der Waals surface area contributed by atoms with Gasteiger partial charge in [0.25, 0.3) is 5.56 Å². The summed E-state index contributed by atoms with van der Waals surface area (Å²) < 4.78 is 3.97. The van der Waals surface area contributed by atoms with Crippen LogP contribution in [-0.4, -0.2) is 16.2 Å². The van der Waals surface area contributed by atoms with E-state index in [0.29, 0.717) is 6.54 Å². The van der Waals surface area contributed by atoms with Crippen LogP contribution in [0.4, 0.5) is 0 Å². The van der Waals surface area contributed by atoms with Crippen LogP contribution >= 0.6 is 0 Å². The van der Waals surface area contributed by atoms with E-state index in [1.54, 1.807) is 16.7 Å². The van der Waals surface area contributed by atoms with Gasteiger partial charge >= 0.3 is 0 Å². The molecule has 0 aliphatic rings. The molecule has 4 heteroatoms. The lowest BCUT2D eigenvalue weighted by atomic mass is 10.1. The molecule has 0 radical (unpaired) electrons. The molecule has 0 aliphatic heterocycles. The lowest BCUT2D eigenvalue weighted by Crippen LogP contribution is -2.20. The number of hydrogen-bond donors (Lipinski definition) is 1. The minimum atomic E-state index is 0.0458. The Kier molecular flexibility index (Phi) is 3.88. The smallest absolute Gasteiger partial charge is 0.250 e. The van der Waals surface area contributed by atoms with Crippen molar-refractivity contribution in [2.45, 2.75) is 19.6 Å². The zero-order valence-corrected chi connectivity index (χ0v) is 12.1. The molecule has 1 N–H and O–H groups in total. The van der Waals surface area contributed by atoms with E-state index < -0.39 is 0 Å². The summed E-state index contributed by atoms with van der Waals surface area (Å²) in [5.41, 5.74) is 2.57. The second-order valence-electron chi connectivity index (χ2n) is 5.13. The minimum Gasteiger partial charge on any atom is -0.345 e. The Morgan fingerprint density at radius 1 is 0.952 bits per heavy atom. The Morgan fingerprint density at radius 2 is 1.81 bits per heavy atom. The van der Waals surface area contributed by atoms with Crippen LogP contribution in [-0.2, 0) is 19.6 Å². The second-order valence-corrected chi connectivity index (χ2v) is 5.13. The van der Waals surface area contributed by atoms with Gasteiger partial charge in [0.1, 0.15) is 0 Å². The third-order valence-electron chi connectivity index (χ3n) is 3.72. The number of pyridine rings is 1. The van der Waals surface area contributed by atoms with E-state index in [2.05, 4.69) is 40.3 Å². The minimum absolute atomic E-state index is 0.0458. The lowest BCUT2D eigenvalue weighted by Gasteiger charge is -2.11. The van der Waals surface area contributed by atoms with Crippen molar-refractivity contribution in [3.63, 3.8) is 0 Å². The molecule has 0 unspecified atom stereocenters. The average Bonchev–Trinajstić information content (AvgIpc) is 2.91. The number of hydrogen-bond acceptors (Lipinski definition) is 2. The van der Waals surface area contributed by atoms with Gasteiger partial charge in [-0.15, -0.1) is 0 Å². The fourth-order valence-corrected chi connectivity index (χ4v) is 2.72. The fourth-order valence-electron chi connectivity index (χ4n) is 2.72. The van der Waals surface area contributed by atoms with E-state index in [9.17, 15) is 4.79 Å². The average molecular weight is 281 g/mol. The Balaban J connectivity index is 1.91. The first-order valence-corrected chi connectivity index (χ1v) is 7.16. The number of aromatic nitrogens is 2. The van der Waals surface area contributed by atoms with E-state index in [4.69, 9.17) is 0 Å². The molecule has 2 heterocycles. The third kappa shape index (κ3) is 2.76. The number of nitrogens with one attached hydrogen (secondary N) is 1. The van der Waals surface area contributed by atoms with E-state index in [0.717, 1.165) is 13.1 Å². The summed E-state index contributed by atoms with van der Waals surface area (Å²) in [5, 5.41) is 4.45. The number of para-hydroxylation sites is 1. The van der Waals surface area contributed by atoms with Crippen molar-refractivity contribution in [2.24, 2.45) is 0 Å². The Hall–Kier alpha value is -2.33. The Bertz CT molecular complexity index is 801. The molecule has 0 amide bonds. The maximum absolute atomic E-state index is 11.8. The van der Waals surface area contributed by atoms with Gasteiger partial charge in [-0.3, -0.25) is 4.79 Å². The van der Waals surface area contributed by atoms with Crippen LogP contribution in [0.1, 0.15) is 5.56 Å². The molecule has 0 bridgehead atoms. The molecule has 1 aromatic carbocycles. The maximum atomic E-state index is 11.8. The standard InChI is InChI=1S/C17H19N3O/c1-18-13-15-6-4-5-14-8-10-20(17(14)15)12-11-19-9-3-2-7-16(19)21/h2-10,18H,11-13H2,1H3. The highest BCUT2D eigenvalue weighted by Crippen LogP contribution is 2.20. The van der Waals surface area contributed by atoms with Crippen LogP contribution in [0, 0.1) is 0 Å². The van der Waals surface area contributed by atoms with Gasteiger partial charge in [0.15, 0.2) is 0 Å². The third-order valence-corrected chi connectivity index (χ3v) is 3.72. The van der Waals surface area contributed by atoms with E-state index in [-0.39, 0.29) is 5.56 Å².